The summed E-state index contributed by atoms with van der Waals surface area (Å²) in [6.45, 7) is 0. The van der Waals surface area contributed by atoms with E-state index in [0.29, 0.717) is 5.15 Å². The van der Waals surface area contributed by atoms with Crippen molar-refractivity contribution >= 4 is 64.9 Å². The number of nitrogens with zero attached hydrogens (tertiary/aromatic N) is 2. The van der Waals surface area contributed by atoms with E-state index in [1.165, 1.54) is 20.9 Å². The van der Waals surface area contributed by atoms with Crippen molar-refractivity contribution in [1.29, 1.82) is 0 Å². The summed E-state index contributed by atoms with van der Waals surface area (Å²) in [6.07, 6.45) is 1.81. The van der Waals surface area contributed by atoms with Gasteiger partial charge in [-0.1, -0.05) is 48.0 Å². The third-order valence-corrected chi connectivity index (χ3v) is 5.64. The molecular formula is C18H9ClN2S. The predicted molar refractivity (Wildman–Crippen MR) is 94.9 cm³/mol. The maximum absolute atomic E-state index is 6.43. The monoisotopic (exact) mass is 320 g/mol. The lowest BCUT2D eigenvalue weighted by Gasteiger charge is -2.01. The zero-order valence-electron chi connectivity index (χ0n) is 11.4. The van der Waals surface area contributed by atoms with Gasteiger partial charge in [0.2, 0.25) is 0 Å². The Morgan fingerprint density at radius 1 is 0.864 bits per heavy atom. The van der Waals surface area contributed by atoms with Crippen LogP contribution in [0.2, 0.25) is 5.15 Å². The van der Waals surface area contributed by atoms with Crippen LogP contribution in [-0.2, 0) is 0 Å². The fourth-order valence-electron chi connectivity index (χ4n) is 3.04. The van der Waals surface area contributed by atoms with Gasteiger partial charge in [0.15, 0.2) is 0 Å². The maximum atomic E-state index is 6.43. The van der Waals surface area contributed by atoms with E-state index >= 15 is 0 Å². The average molecular weight is 321 g/mol. The molecule has 5 rings (SSSR count). The molecule has 0 saturated heterocycles. The number of fused-ring (bicyclic) bond motifs is 7. The first-order valence-electron chi connectivity index (χ1n) is 6.97. The molecular weight excluding hydrogens is 312 g/mol. The van der Waals surface area contributed by atoms with Gasteiger partial charge in [0.25, 0.3) is 0 Å². The van der Waals surface area contributed by atoms with Crippen molar-refractivity contribution in [1.82, 2.24) is 9.97 Å². The van der Waals surface area contributed by atoms with Crippen molar-refractivity contribution in [3.05, 3.63) is 59.9 Å². The highest BCUT2D eigenvalue weighted by atomic mass is 35.5. The fraction of sp³-hybridized carbons (Fsp3) is 0. The molecule has 0 radical (unpaired) electrons. The molecule has 0 fully saturated rings. The summed E-state index contributed by atoms with van der Waals surface area (Å²) in [5, 5.41) is 5.36. The number of hydrogen-bond donors (Lipinski definition) is 0. The van der Waals surface area contributed by atoms with Crippen LogP contribution in [0.5, 0.6) is 0 Å². The van der Waals surface area contributed by atoms with Gasteiger partial charge in [-0.05, 0) is 22.9 Å². The molecule has 2 aromatic carbocycles. The highest BCUT2D eigenvalue weighted by Gasteiger charge is 2.15. The van der Waals surface area contributed by atoms with E-state index in [9.17, 15) is 0 Å². The summed E-state index contributed by atoms with van der Waals surface area (Å²) < 4.78 is 2.26. The SMILES string of the molecule is Clc1nc2cccnc2c2c1sc1c3ccccc3ccc12. The van der Waals surface area contributed by atoms with Crippen LogP contribution in [0.4, 0.5) is 0 Å². The Labute approximate surface area is 135 Å². The van der Waals surface area contributed by atoms with Gasteiger partial charge < -0.3 is 0 Å². The van der Waals surface area contributed by atoms with E-state index in [1.807, 2.05) is 18.3 Å². The maximum Gasteiger partial charge on any atom is 0.147 e. The molecule has 0 bridgehead atoms. The minimum atomic E-state index is 0.556. The van der Waals surface area contributed by atoms with Crippen molar-refractivity contribution in [2.45, 2.75) is 0 Å². The second kappa shape index (κ2) is 4.38. The van der Waals surface area contributed by atoms with Gasteiger partial charge in [0, 0.05) is 21.7 Å². The lowest BCUT2D eigenvalue weighted by atomic mass is 10.1. The second-order valence-corrected chi connectivity index (χ2v) is 6.62. The molecule has 0 amide bonds. The Morgan fingerprint density at radius 2 is 1.77 bits per heavy atom. The smallest absolute Gasteiger partial charge is 0.147 e. The highest BCUT2D eigenvalue weighted by Crippen LogP contribution is 2.43. The molecule has 0 spiro atoms. The average Bonchev–Trinajstić information content (AvgIpc) is 2.96. The highest BCUT2D eigenvalue weighted by molar-refractivity contribution is 7.27. The number of thiophene rings is 1. The summed E-state index contributed by atoms with van der Waals surface area (Å²) in [5.74, 6) is 0. The summed E-state index contributed by atoms with van der Waals surface area (Å²) in [6, 6.07) is 16.6. The van der Waals surface area contributed by atoms with E-state index in [2.05, 4.69) is 46.4 Å². The number of aromatic nitrogens is 2. The van der Waals surface area contributed by atoms with E-state index in [-0.39, 0.29) is 0 Å². The summed E-state index contributed by atoms with van der Waals surface area (Å²) in [5.41, 5.74) is 1.76. The minimum absolute atomic E-state index is 0.556. The molecule has 0 unspecified atom stereocenters. The molecule has 4 heteroatoms. The molecule has 0 aliphatic heterocycles. The number of hydrogen-bond acceptors (Lipinski definition) is 3. The largest absolute Gasteiger partial charge is 0.254 e. The number of halogens is 1. The van der Waals surface area contributed by atoms with Crippen LogP contribution < -0.4 is 0 Å². The number of benzene rings is 2. The predicted octanol–water partition coefficient (Wildman–Crippen LogP) is 5.80. The van der Waals surface area contributed by atoms with Crippen LogP contribution in [0.1, 0.15) is 0 Å². The molecule has 0 aliphatic rings. The van der Waals surface area contributed by atoms with Gasteiger partial charge in [-0.3, -0.25) is 4.98 Å². The first kappa shape index (κ1) is 12.3. The Morgan fingerprint density at radius 3 is 2.73 bits per heavy atom. The van der Waals surface area contributed by atoms with Crippen molar-refractivity contribution in [3.8, 4) is 0 Å². The van der Waals surface area contributed by atoms with Crippen LogP contribution in [0.15, 0.2) is 54.7 Å². The van der Waals surface area contributed by atoms with Gasteiger partial charge in [-0.2, -0.15) is 0 Å². The minimum Gasteiger partial charge on any atom is -0.254 e. The molecule has 0 atom stereocenters. The van der Waals surface area contributed by atoms with Crippen molar-refractivity contribution in [3.63, 3.8) is 0 Å². The molecule has 2 nitrogen and oxygen atoms in total. The van der Waals surface area contributed by atoms with Crippen molar-refractivity contribution in [2.75, 3.05) is 0 Å². The van der Waals surface area contributed by atoms with Crippen LogP contribution in [-0.4, -0.2) is 9.97 Å². The third-order valence-electron chi connectivity index (χ3n) is 4.01. The van der Waals surface area contributed by atoms with E-state index in [4.69, 9.17) is 11.6 Å². The zero-order chi connectivity index (χ0) is 14.7. The van der Waals surface area contributed by atoms with Gasteiger partial charge in [0.05, 0.1) is 15.7 Å². The summed E-state index contributed by atoms with van der Waals surface area (Å²) in [7, 11) is 0. The van der Waals surface area contributed by atoms with Crippen LogP contribution >= 0.6 is 22.9 Å². The zero-order valence-corrected chi connectivity index (χ0v) is 12.9. The van der Waals surface area contributed by atoms with Crippen LogP contribution in [0, 0.1) is 0 Å². The third kappa shape index (κ3) is 1.55. The van der Waals surface area contributed by atoms with Gasteiger partial charge in [0.1, 0.15) is 5.15 Å². The summed E-state index contributed by atoms with van der Waals surface area (Å²) >= 11 is 8.13. The number of rotatable bonds is 0. The molecule has 22 heavy (non-hydrogen) atoms. The van der Waals surface area contributed by atoms with Crippen LogP contribution in [0.25, 0.3) is 42.0 Å². The molecule has 3 heterocycles. The normalized spacial score (nSPS) is 11.9. The fourth-order valence-corrected chi connectivity index (χ4v) is 4.56. The Bertz CT molecular complexity index is 1190. The standard InChI is InChI=1S/C18H9ClN2S/c19-18-17-14(15-13(21-18)6-3-9-20-15)12-8-7-10-4-1-2-5-11(10)16(12)22-17/h1-9H. The van der Waals surface area contributed by atoms with Crippen molar-refractivity contribution in [2.24, 2.45) is 0 Å². The van der Waals surface area contributed by atoms with E-state index < -0.39 is 0 Å². The molecule has 5 aromatic rings. The van der Waals surface area contributed by atoms with Crippen LogP contribution in [0.3, 0.4) is 0 Å². The summed E-state index contributed by atoms with van der Waals surface area (Å²) in [4.78, 5) is 9.03. The van der Waals surface area contributed by atoms with Gasteiger partial charge in [-0.15, -0.1) is 11.3 Å². The first-order valence-corrected chi connectivity index (χ1v) is 8.16. The topological polar surface area (TPSA) is 25.8 Å². The molecule has 0 aliphatic carbocycles. The van der Waals surface area contributed by atoms with E-state index in [0.717, 1.165) is 21.1 Å². The van der Waals surface area contributed by atoms with Gasteiger partial charge in [-0.25, -0.2) is 4.98 Å². The molecule has 0 saturated carbocycles. The molecule has 3 aromatic heterocycles. The quantitative estimate of drug-likeness (QED) is 0.337. The molecule has 104 valence electrons. The van der Waals surface area contributed by atoms with E-state index in [1.54, 1.807) is 11.3 Å². The van der Waals surface area contributed by atoms with Crippen molar-refractivity contribution < 1.29 is 0 Å². The Kier molecular flexibility index (Phi) is 2.46. The Hall–Kier alpha value is -2.23. The first-order chi connectivity index (χ1) is 10.8. The lowest BCUT2D eigenvalue weighted by Crippen LogP contribution is -1.84. The second-order valence-electron chi connectivity index (χ2n) is 5.24. The number of pyridine rings is 2. The Balaban J connectivity index is 2.14. The van der Waals surface area contributed by atoms with Gasteiger partial charge >= 0.3 is 0 Å². The lowest BCUT2D eigenvalue weighted by molar-refractivity contribution is 1.37. The molecule has 0 N–H and O–H groups in total.